The molecule has 3 aromatic carbocycles. The molecule has 0 bridgehead atoms. The number of fused-ring (bicyclic) bond motifs is 1. The van der Waals surface area contributed by atoms with Crippen LogP contribution in [-0.4, -0.2) is 16.5 Å². The summed E-state index contributed by atoms with van der Waals surface area (Å²) in [6.07, 6.45) is 8.50. The summed E-state index contributed by atoms with van der Waals surface area (Å²) >= 11 is 6.39. The van der Waals surface area contributed by atoms with Crippen LogP contribution < -0.4 is 5.32 Å². The van der Waals surface area contributed by atoms with Crippen LogP contribution in [0.2, 0.25) is 5.02 Å². The van der Waals surface area contributed by atoms with Crippen molar-refractivity contribution in [1.29, 1.82) is 0 Å². The standard InChI is InChI=1S/C30H31ClN2O/c31-24-13-9-12-23(18-24)27(19-30(34)32-25-14-5-2-6-15-25)28-21-33(20-22-10-3-1-4-11-22)29-17-8-7-16-26(28)29/h1,3-4,7-13,16-18,21,25,27H,2,5-6,14-15,19-20H2,(H,32,34). The molecule has 1 aromatic heterocycles. The number of nitrogens with zero attached hydrogens (tertiary/aromatic N) is 1. The molecular weight excluding hydrogens is 440 g/mol. The average molecular weight is 471 g/mol. The SMILES string of the molecule is O=C(CC(c1cccc(Cl)c1)c1cn(Cc2ccccc2)c2ccccc12)NC1CCCCC1. The molecule has 1 amide bonds. The smallest absolute Gasteiger partial charge is 0.221 e. The Bertz CT molecular complexity index is 1260. The van der Waals surface area contributed by atoms with Crippen molar-refractivity contribution in [3.63, 3.8) is 0 Å². The number of hydrogen-bond acceptors (Lipinski definition) is 1. The van der Waals surface area contributed by atoms with E-state index in [0.717, 1.165) is 24.9 Å². The minimum atomic E-state index is -0.0655. The zero-order valence-corrected chi connectivity index (χ0v) is 20.2. The number of benzene rings is 3. The van der Waals surface area contributed by atoms with E-state index in [9.17, 15) is 4.79 Å². The predicted molar refractivity (Wildman–Crippen MR) is 140 cm³/mol. The molecule has 0 spiro atoms. The molecule has 1 atom stereocenters. The van der Waals surface area contributed by atoms with Gasteiger partial charge in [0, 0.05) is 47.0 Å². The topological polar surface area (TPSA) is 34.0 Å². The Morgan fingerprint density at radius 3 is 2.50 bits per heavy atom. The number of nitrogens with one attached hydrogen (secondary N) is 1. The molecule has 4 aromatic rings. The second-order valence-electron chi connectivity index (χ2n) is 9.43. The van der Waals surface area contributed by atoms with Crippen LogP contribution in [0.3, 0.4) is 0 Å². The number of para-hydroxylation sites is 1. The molecule has 1 aliphatic rings. The monoisotopic (exact) mass is 470 g/mol. The van der Waals surface area contributed by atoms with Gasteiger partial charge in [0.1, 0.15) is 0 Å². The van der Waals surface area contributed by atoms with Gasteiger partial charge in [-0.25, -0.2) is 0 Å². The van der Waals surface area contributed by atoms with Crippen molar-refractivity contribution in [2.45, 2.75) is 57.0 Å². The quantitative estimate of drug-likeness (QED) is 0.301. The summed E-state index contributed by atoms with van der Waals surface area (Å²) in [5.74, 6) is 0.0565. The first-order valence-corrected chi connectivity index (χ1v) is 12.7. The van der Waals surface area contributed by atoms with Crippen molar-refractivity contribution < 1.29 is 4.79 Å². The van der Waals surface area contributed by atoms with Gasteiger partial charge in [0.2, 0.25) is 5.91 Å². The second-order valence-corrected chi connectivity index (χ2v) is 9.87. The Labute approximate surface area is 206 Å². The maximum Gasteiger partial charge on any atom is 0.221 e. The normalized spacial score (nSPS) is 15.3. The number of rotatable bonds is 7. The van der Waals surface area contributed by atoms with Crippen LogP contribution in [0.4, 0.5) is 0 Å². The molecule has 3 nitrogen and oxygen atoms in total. The third-order valence-corrected chi connectivity index (χ3v) is 7.24. The number of amides is 1. The van der Waals surface area contributed by atoms with E-state index < -0.39 is 0 Å². The second kappa shape index (κ2) is 10.5. The first-order valence-electron chi connectivity index (χ1n) is 12.3. The van der Waals surface area contributed by atoms with Crippen LogP contribution in [0, 0.1) is 0 Å². The van der Waals surface area contributed by atoms with Gasteiger partial charge in [-0.3, -0.25) is 4.79 Å². The van der Waals surface area contributed by atoms with Crippen molar-refractivity contribution >= 4 is 28.4 Å². The van der Waals surface area contributed by atoms with Gasteiger partial charge in [-0.05, 0) is 47.7 Å². The molecule has 1 saturated carbocycles. The number of hydrogen-bond donors (Lipinski definition) is 1. The highest BCUT2D eigenvalue weighted by atomic mass is 35.5. The van der Waals surface area contributed by atoms with E-state index in [0.29, 0.717) is 17.5 Å². The Kier molecular flexibility index (Phi) is 7.01. The Hall–Kier alpha value is -3.04. The molecule has 0 saturated heterocycles. The fraction of sp³-hybridized carbons (Fsp3) is 0.300. The van der Waals surface area contributed by atoms with Crippen molar-refractivity contribution in [3.8, 4) is 0 Å². The molecule has 174 valence electrons. The van der Waals surface area contributed by atoms with E-state index >= 15 is 0 Å². The molecular formula is C30H31ClN2O. The molecule has 4 heteroatoms. The molecule has 1 fully saturated rings. The third-order valence-electron chi connectivity index (χ3n) is 7.00. The first kappa shape index (κ1) is 22.7. The van der Waals surface area contributed by atoms with Crippen molar-refractivity contribution in [1.82, 2.24) is 9.88 Å². The van der Waals surface area contributed by atoms with Crippen LogP contribution in [0.25, 0.3) is 10.9 Å². The largest absolute Gasteiger partial charge is 0.353 e. The van der Waals surface area contributed by atoms with Crippen LogP contribution >= 0.6 is 11.6 Å². The maximum absolute atomic E-state index is 13.2. The van der Waals surface area contributed by atoms with E-state index in [1.165, 1.54) is 41.3 Å². The van der Waals surface area contributed by atoms with Crippen LogP contribution in [0.5, 0.6) is 0 Å². The summed E-state index contributed by atoms with van der Waals surface area (Å²) in [6, 6.07) is 27.3. The third kappa shape index (κ3) is 5.20. The lowest BCUT2D eigenvalue weighted by Crippen LogP contribution is -2.36. The zero-order valence-electron chi connectivity index (χ0n) is 19.4. The van der Waals surface area contributed by atoms with E-state index in [1.54, 1.807) is 0 Å². The van der Waals surface area contributed by atoms with E-state index in [1.807, 2.05) is 24.3 Å². The van der Waals surface area contributed by atoms with Gasteiger partial charge in [0.25, 0.3) is 0 Å². The van der Waals surface area contributed by atoms with Gasteiger partial charge < -0.3 is 9.88 Å². The average Bonchev–Trinajstić information content (AvgIpc) is 3.22. The van der Waals surface area contributed by atoms with Gasteiger partial charge in [0.05, 0.1) is 0 Å². The number of aromatic nitrogens is 1. The minimum Gasteiger partial charge on any atom is -0.353 e. The minimum absolute atomic E-state index is 0.0655. The maximum atomic E-state index is 13.2. The summed E-state index contributed by atoms with van der Waals surface area (Å²) in [5, 5.41) is 5.21. The predicted octanol–water partition coefficient (Wildman–Crippen LogP) is 7.31. The van der Waals surface area contributed by atoms with Gasteiger partial charge in [0.15, 0.2) is 0 Å². The molecule has 34 heavy (non-hydrogen) atoms. The molecule has 0 aliphatic heterocycles. The van der Waals surface area contributed by atoms with Crippen LogP contribution in [0.1, 0.15) is 61.1 Å². The summed E-state index contributed by atoms with van der Waals surface area (Å²) < 4.78 is 2.30. The van der Waals surface area contributed by atoms with Crippen molar-refractivity contribution in [2.24, 2.45) is 0 Å². The van der Waals surface area contributed by atoms with Crippen LogP contribution in [0.15, 0.2) is 85.1 Å². The highest BCUT2D eigenvalue weighted by molar-refractivity contribution is 6.30. The van der Waals surface area contributed by atoms with Gasteiger partial charge in [-0.15, -0.1) is 0 Å². The van der Waals surface area contributed by atoms with E-state index in [2.05, 4.69) is 70.7 Å². The van der Waals surface area contributed by atoms with Gasteiger partial charge in [-0.1, -0.05) is 91.5 Å². The molecule has 1 aliphatic carbocycles. The van der Waals surface area contributed by atoms with Crippen molar-refractivity contribution in [3.05, 3.63) is 107 Å². The zero-order chi connectivity index (χ0) is 23.3. The Morgan fingerprint density at radius 2 is 1.71 bits per heavy atom. The first-order chi connectivity index (χ1) is 16.7. The molecule has 5 rings (SSSR count). The van der Waals surface area contributed by atoms with Gasteiger partial charge in [-0.2, -0.15) is 0 Å². The van der Waals surface area contributed by atoms with E-state index in [-0.39, 0.29) is 11.8 Å². The highest BCUT2D eigenvalue weighted by Crippen LogP contribution is 2.36. The molecule has 1 heterocycles. The number of carbonyl (C=O) groups is 1. The van der Waals surface area contributed by atoms with Crippen molar-refractivity contribution in [2.75, 3.05) is 0 Å². The molecule has 0 radical (unpaired) electrons. The lowest BCUT2D eigenvalue weighted by Gasteiger charge is -2.24. The van der Waals surface area contributed by atoms with Gasteiger partial charge >= 0.3 is 0 Å². The number of halogens is 1. The fourth-order valence-corrected chi connectivity index (χ4v) is 5.51. The lowest BCUT2D eigenvalue weighted by atomic mass is 9.87. The summed E-state index contributed by atoms with van der Waals surface area (Å²) in [7, 11) is 0. The fourth-order valence-electron chi connectivity index (χ4n) is 5.31. The van der Waals surface area contributed by atoms with Crippen LogP contribution in [-0.2, 0) is 11.3 Å². The molecule has 1 N–H and O–H groups in total. The molecule has 1 unspecified atom stereocenters. The summed E-state index contributed by atoms with van der Waals surface area (Å²) in [5.41, 5.74) is 4.69. The lowest BCUT2D eigenvalue weighted by molar-refractivity contribution is -0.122. The summed E-state index contributed by atoms with van der Waals surface area (Å²) in [6.45, 7) is 0.790. The number of carbonyl (C=O) groups excluding carboxylic acids is 1. The highest BCUT2D eigenvalue weighted by Gasteiger charge is 2.25. The van der Waals surface area contributed by atoms with E-state index in [4.69, 9.17) is 11.6 Å². The Morgan fingerprint density at radius 1 is 0.941 bits per heavy atom. The Balaban J connectivity index is 1.51. The summed E-state index contributed by atoms with van der Waals surface area (Å²) in [4.78, 5) is 13.2.